The molecule has 14 heavy (non-hydrogen) atoms. The number of thiocarbonyl (C=S) groups is 1. The second-order valence-electron chi connectivity index (χ2n) is 2.66. The Labute approximate surface area is 90.5 Å². The van der Waals surface area contributed by atoms with Gasteiger partial charge in [-0.1, -0.05) is 4.49 Å². The van der Waals surface area contributed by atoms with Crippen molar-refractivity contribution in [2.24, 2.45) is 0 Å². The van der Waals surface area contributed by atoms with Crippen LogP contribution in [0.25, 0.3) is 10.2 Å². The summed E-state index contributed by atoms with van der Waals surface area (Å²) in [5, 5.41) is 10.4. The predicted octanol–water partition coefficient (Wildman–Crippen LogP) is 1.61. The highest BCUT2D eigenvalue weighted by Crippen LogP contribution is 2.19. The lowest BCUT2D eigenvalue weighted by Crippen LogP contribution is -2.23. The summed E-state index contributed by atoms with van der Waals surface area (Å²) in [6.45, 7) is 0. The van der Waals surface area contributed by atoms with E-state index < -0.39 is 0 Å². The molecule has 0 fully saturated rings. The van der Waals surface area contributed by atoms with Crippen molar-refractivity contribution in [1.82, 2.24) is 14.9 Å². The Kier molecular flexibility index (Phi) is 2.55. The molecule has 1 heterocycles. The van der Waals surface area contributed by atoms with Gasteiger partial charge >= 0.3 is 0 Å². The Hall–Kier alpha value is -1.27. The van der Waals surface area contributed by atoms with E-state index in [1.165, 1.54) is 11.5 Å². The Morgan fingerprint density at radius 1 is 1.50 bits per heavy atom. The zero-order valence-corrected chi connectivity index (χ0v) is 9.08. The number of anilines is 1. The van der Waals surface area contributed by atoms with Gasteiger partial charge in [-0.3, -0.25) is 0 Å². The van der Waals surface area contributed by atoms with Crippen LogP contribution in [0.4, 0.5) is 5.69 Å². The Morgan fingerprint density at radius 2 is 2.36 bits per heavy atom. The molecule has 1 aromatic heterocycles. The number of benzene rings is 1. The van der Waals surface area contributed by atoms with Crippen LogP contribution >= 0.6 is 23.8 Å². The number of rotatable bonds is 1. The molecule has 1 aromatic carbocycles. The maximum absolute atomic E-state index is 4.98. The zero-order chi connectivity index (χ0) is 9.97. The van der Waals surface area contributed by atoms with Crippen molar-refractivity contribution in [1.29, 1.82) is 0 Å². The van der Waals surface area contributed by atoms with E-state index in [1.807, 2.05) is 18.2 Å². The van der Waals surface area contributed by atoms with E-state index in [2.05, 4.69) is 20.2 Å². The maximum atomic E-state index is 4.98. The number of nitrogens with one attached hydrogen (secondary N) is 2. The van der Waals surface area contributed by atoms with Gasteiger partial charge in [0, 0.05) is 12.7 Å². The van der Waals surface area contributed by atoms with Gasteiger partial charge in [-0.25, -0.2) is 0 Å². The molecule has 0 amide bonds. The van der Waals surface area contributed by atoms with E-state index in [0.29, 0.717) is 5.11 Å². The van der Waals surface area contributed by atoms with Crippen molar-refractivity contribution in [3.05, 3.63) is 18.2 Å². The van der Waals surface area contributed by atoms with Crippen LogP contribution < -0.4 is 10.6 Å². The summed E-state index contributed by atoms with van der Waals surface area (Å²) in [5.41, 5.74) is 1.81. The van der Waals surface area contributed by atoms with E-state index in [9.17, 15) is 0 Å². The fraction of sp³-hybridized carbons (Fsp3) is 0.125. The van der Waals surface area contributed by atoms with Crippen LogP contribution in [0.5, 0.6) is 0 Å². The normalized spacial score (nSPS) is 10.1. The first kappa shape index (κ1) is 9.29. The standard InChI is InChI=1S/C8H8N4S2/c1-9-8(13)10-5-2-3-7-6(4-5)11-12-14-7/h2-4H,1H3,(H2,9,10,13). The molecule has 0 atom stereocenters. The molecule has 0 saturated carbocycles. The minimum atomic E-state index is 0.590. The third-order valence-corrected chi connectivity index (χ3v) is 2.74. The van der Waals surface area contributed by atoms with Crippen LogP contribution in [0.1, 0.15) is 0 Å². The molecule has 2 rings (SSSR count). The molecular formula is C8H8N4S2. The molecule has 0 radical (unpaired) electrons. The van der Waals surface area contributed by atoms with Gasteiger partial charge in [-0.05, 0) is 41.9 Å². The first-order valence-electron chi connectivity index (χ1n) is 4.00. The Morgan fingerprint density at radius 3 is 3.14 bits per heavy atom. The number of hydrogen-bond acceptors (Lipinski definition) is 4. The molecule has 4 nitrogen and oxygen atoms in total. The largest absolute Gasteiger partial charge is 0.366 e. The lowest BCUT2D eigenvalue weighted by Gasteiger charge is -2.05. The minimum absolute atomic E-state index is 0.590. The number of hydrogen-bond donors (Lipinski definition) is 2. The molecule has 0 aliphatic heterocycles. The van der Waals surface area contributed by atoms with Gasteiger partial charge in [0.25, 0.3) is 0 Å². The molecule has 0 bridgehead atoms. The number of aromatic nitrogens is 2. The summed E-state index contributed by atoms with van der Waals surface area (Å²) >= 11 is 6.37. The van der Waals surface area contributed by atoms with E-state index in [-0.39, 0.29) is 0 Å². The maximum Gasteiger partial charge on any atom is 0.170 e. The average Bonchev–Trinajstić information content (AvgIpc) is 2.64. The number of nitrogens with zero attached hydrogens (tertiary/aromatic N) is 2. The first-order valence-corrected chi connectivity index (χ1v) is 5.18. The molecule has 2 N–H and O–H groups in total. The Balaban J connectivity index is 2.30. The van der Waals surface area contributed by atoms with Crippen molar-refractivity contribution in [2.75, 3.05) is 12.4 Å². The van der Waals surface area contributed by atoms with Crippen LogP contribution in [-0.4, -0.2) is 21.7 Å². The third kappa shape index (κ3) is 1.80. The second-order valence-corrected chi connectivity index (χ2v) is 3.85. The van der Waals surface area contributed by atoms with E-state index in [4.69, 9.17) is 12.2 Å². The molecule has 0 aliphatic rings. The summed E-state index contributed by atoms with van der Waals surface area (Å²) in [7, 11) is 1.78. The summed E-state index contributed by atoms with van der Waals surface area (Å²) in [6, 6.07) is 5.84. The lowest BCUT2D eigenvalue weighted by molar-refractivity contribution is 1.19. The van der Waals surface area contributed by atoms with Crippen LogP contribution in [0, 0.1) is 0 Å². The zero-order valence-electron chi connectivity index (χ0n) is 7.44. The summed E-state index contributed by atoms with van der Waals surface area (Å²) in [4.78, 5) is 0. The molecule has 0 spiro atoms. The van der Waals surface area contributed by atoms with Crippen molar-refractivity contribution < 1.29 is 0 Å². The van der Waals surface area contributed by atoms with Crippen molar-refractivity contribution in [2.45, 2.75) is 0 Å². The minimum Gasteiger partial charge on any atom is -0.366 e. The van der Waals surface area contributed by atoms with Crippen molar-refractivity contribution in [3.8, 4) is 0 Å². The summed E-state index contributed by atoms with van der Waals surface area (Å²) < 4.78 is 4.93. The average molecular weight is 224 g/mol. The van der Waals surface area contributed by atoms with Gasteiger partial charge in [-0.15, -0.1) is 5.10 Å². The third-order valence-electron chi connectivity index (χ3n) is 1.73. The van der Waals surface area contributed by atoms with E-state index in [0.717, 1.165) is 15.9 Å². The highest BCUT2D eigenvalue weighted by atomic mass is 32.1. The molecule has 0 aliphatic carbocycles. The summed E-state index contributed by atoms with van der Waals surface area (Å²) in [5.74, 6) is 0. The molecule has 0 unspecified atom stereocenters. The monoisotopic (exact) mass is 224 g/mol. The van der Waals surface area contributed by atoms with Crippen LogP contribution in [-0.2, 0) is 0 Å². The molecular weight excluding hydrogens is 216 g/mol. The SMILES string of the molecule is CNC(=S)Nc1ccc2snnc2c1. The van der Waals surface area contributed by atoms with Crippen LogP contribution in [0.15, 0.2) is 18.2 Å². The van der Waals surface area contributed by atoms with Crippen molar-refractivity contribution in [3.63, 3.8) is 0 Å². The van der Waals surface area contributed by atoms with Crippen LogP contribution in [0.2, 0.25) is 0 Å². The predicted molar refractivity (Wildman–Crippen MR) is 62.7 cm³/mol. The Bertz CT molecular complexity index is 465. The van der Waals surface area contributed by atoms with Gasteiger partial charge < -0.3 is 10.6 Å². The fourth-order valence-corrected chi connectivity index (χ4v) is 1.71. The van der Waals surface area contributed by atoms with Gasteiger partial charge in [0.1, 0.15) is 5.52 Å². The van der Waals surface area contributed by atoms with Gasteiger partial charge in [0.15, 0.2) is 5.11 Å². The smallest absolute Gasteiger partial charge is 0.170 e. The topological polar surface area (TPSA) is 49.8 Å². The second kappa shape index (κ2) is 3.85. The highest BCUT2D eigenvalue weighted by molar-refractivity contribution is 7.80. The number of fused-ring (bicyclic) bond motifs is 1. The van der Waals surface area contributed by atoms with Crippen LogP contribution in [0.3, 0.4) is 0 Å². The quantitative estimate of drug-likeness (QED) is 0.721. The highest BCUT2D eigenvalue weighted by Gasteiger charge is 2.00. The lowest BCUT2D eigenvalue weighted by atomic mass is 10.3. The van der Waals surface area contributed by atoms with Gasteiger partial charge in [-0.2, -0.15) is 0 Å². The molecule has 0 saturated heterocycles. The fourth-order valence-electron chi connectivity index (χ4n) is 1.05. The van der Waals surface area contributed by atoms with Crippen molar-refractivity contribution >= 4 is 44.8 Å². The van der Waals surface area contributed by atoms with Gasteiger partial charge in [0.05, 0.1) is 4.70 Å². The van der Waals surface area contributed by atoms with E-state index >= 15 is 0 Å². The molecule has 72 valence electrons. The molecule has 6 heteroatoms. The van der Waals surface area contributed by atoms with E-state index in [1.54, 1.807) is 7.05 Å². The summed E-state index contributed by atoms with van der Waals surface area (Å²) in [6.07, 6.45) is 0. The van der Waals surface area contributed by atoms with Gasteiger partial charge in [0.2, 0.25) is 0 Å². The molecule has 2 aromatic rings. The first-order chi connectivity index (χ1) is 6.79.